The second-order valence-electron chi connectivity index (χ2n) is 8.18. The number of nitrogens with one attached hydrogen (secondary N) is 1. The largest absolute Gasteiger partial charge is 0.378 e. The highest BCUT2D eigenvalue weighted by Gasteiger charge is 2.14. The number of anilines is 2. The minimum absolute atomic E-state index is 0.0778. The summed E-state index contributed by atoms with van der Waals surface area (Å²) in [5.74, 6) is 0.418. The molecule has 0 saturated carbocycles. The van der Waals surface area contributed by atoms with E-state index < -0.39 is 0 Å². The van der Waals surface area contributed by atoms with E-state index in [0.717, 1.165) is 43.4 Å². The number of carbonyl (C=O) groups excluding carboxylic acids is 1. The third-order valence-electron chi connectivity index (χ3n) is 5.85. The number of nitrogens with zero attached hydrogens (tertiary/aromatic N) is 3. The van der Waals surface area contributed by atoms with Crippen LogP contribution in [-0.4, -0.2) is 47.5 Å². The molecule has 0 bridgehead atoms. The smallest absolute Gasteiger partial charge is 0.266 e. The molecular formula is C27H26N4O3S. The van der Waals surface area contributed by atoms with Gasteiger partial charge in [0.25, 0.3) is 5.56 Å². The van der Waals surface area contributed by atoms with Gasteiger partial charge in [0.2, 0.25) is 5.91 Å². The maximum absolute atomic E-state index is 13.2. The van der Waals surface area contributed by atoms with Crippen LogP contribution in [0.4, 0.5) is 11.4 Å². The van der Waals surface area contributed by atoms with Gasteiger partial charge in [-0.2, -0.15) is 0 Å². The Morgan fingerprint density at radius 1 is 0.914 bits per heavy atom. The molecule has 0 aliphatic carbocycles. The molecule has 1 fully saturated rings. The molecule has 178 valence electrons. The first-order valence-electron chi connectivity index (χ1n) is 11.6. The van der Waals surface area contributed by atoms with Crippen LogP contribution in [0.2, 0.25) is 0 Å². The fourth-order valence-corrected chi connectivity index (χ4v) is 5.00. The van der Waals surface area contributed by atoms with Crippen molar-refractivity contribution in [3.63, 3.8) is 0 Å². The van der Waals surface area contributed by atoms with Crippen molar-refractivity contribution in [1.29, 1.82) is 0 Å². The molecule has 1 amide bonds. The van der Waals surface area contributed by atoms with Crippen LogP contribution in [0.25, 0.3) is 16.6 Å². The summed E-state index contributed by atoms with van der Waals surface area (Å²) in [6.45, 7) is 3.22. The van der Waals surface area contributed by atoms with Gasteiger partial charge in [-0.15, -0.1) is 0 Å². The molecule has 1 saturated heterocycles. The topological polar surface area (TPSA) is 76.5 Å². The van der Waals surface area contributed by atoms with Gasteiger partial charge in [0.15, 0.2) is 5.16 Å². The number of rotatable bonds is 7. The zero-order valence-corrected chi connectivity index (χ0v) is 20.0. The maximum atomic E-state index is 13.2. The number of fused-ring (bicyclic) bond motifs is 1. The summed E-state index contributed by atoms with van der Waals surface area (Å²) in [5, 5.41) is 4.10. The Balaban J connectivity index is 1.26. The molecule has 5 rings (SSSR count). The number of thioether (sulfide) groups is 1. The molecule has 7 nitrogen and oxygen atoms in total. The molecular weight excluding hydrogens is 460 g/mol. The summed E-state index contributed by atoms with van der Waals surface area (Å²) in [6, 6.07) is 24.7. The summed E-state index contributed by atoms with van der Waals surface area (Å²) < 4.78 is 7.02. The molecule has 0 unspecified atom stereocenters. The maximum Gasteiger partial charge on any atom is 0.266 e. The highest BCUT2D eigenvalue weighted by molar-refractivity contribution is 7.99. The predicted octanol–water partition coefficient (Wildman–Crippen LogP) is 4.34. The molecule has 1 aromatic heterocycles. The van der Waals surface area contributed by atoms with E-state index >= 15 is 0 Å². The van der Waals surface area contributed by atoms with E-state index in [1.54, 1.807) is 10.6 Å². The van der Waals surface area contributed by atoms with Crippen LogP contribution in [-0.2, 0) is 9.53 Å². The van der Waals surface area contributed by atoms with Gasteiger partial charge in [0.05, 0.1) is 29.8 Å². The van der Waals surface area contributed by atoms with Crippen molar-refractivity contribution < 1.29 is 9.53 Å². The lowest BCUT2D eigenvalue weighted by molar-refractivity contribution is -0.115. The van der Waals surface area contributed by atoms with Crippen molar-refractivity contribution in [2.45, 2.75) is 11.6 Å². The molecule has 3 aromatic carbocycles. The second-order valence-corrected chi connectivity index (χ2v) is 9.24. The lowest BCUT2D eigenvalue weighted by Crippen LogP contribution is -2.36. The van der Waals surface area contributed by atoms with E-state index in [1.807, 2.05) is 72.8 Å². The van der Waals surface area contributed by atoms with E-state index in [-0.39, 0.29) is 11.5 Å². The van der Waals surface area contributed by atoms with Crippen LogP contribution >= 0.6 is 11.8 Å². The molecule has 4 aromatic rings. The molecule has 1 aliphatic rings. The van der Waals surface area contributed by atoms with Gasteiger partial charge >= 0.3 is 0 Å². The van der Waals surface area contributed by atoms with Crippen LogP contribution in [0.1, 0.15) is 6.42 Å². The van der Waals surface area contributed by atoms with Crippen LogP contribution < -0.4 is 15.8 Å². The zero-order valence-electron chi connectivity index (χ0n) is 19.2. The Morgan fingerprint density at radius 2 is 1.63 bits per heavy atom. The van der Waals surface area contributed by atoms with Gasteiger partial charge in [-0.05, 0) is 48.5 Å². The monoisotopic (exact) mass is 486 g/mol. The first-order valence-corrected chi connectivity index (χ1v) is 12.6. The van der Waals surface area contributed by atoms with Crippen molar-refractivity contribution >= 4 is 39.9 Å². The molecule has 8 heteroatoms. The summed E-state index contributed by atoms with van der Waals surface area (Å²) in [6.07, 6.45) is 0.299. The lowest BCUT2D eigenvalue weighted by atomic mass is 10.2. The standard InChI is InChI=1S/C27H26N4O3S/c32-25(28-20-10-12-21(13-11-20)30-15-17-34-18-16-30)14-19-35-27-29-24-9-5-4-8-23(24)26(33)31(27)22-6-2-1-3-7-22/h1-13H,14-19H2,(H,28,32). The van der Waals surface area contributed by atoms with Gasteiger partial charge in [-0.3, -0.25) is 14.2 Å². The van der Waals surface area contributed by atoms with E-state index in [1.165, 1.54) is 11.8 Å². The molecule has 35 heavy (non-hydrogen) atoms. The minimum atomic E-state index is -0.117. The summed E-state index contributed by atoms with van der Waals surface area (Å²) in [5.41, 5.74) is 3.18. The molecule has 0 spiro atoms. The molecule has 2 heterocycles. The highest BCUT2D eigenvalue weighted by atomic mass is 32.2. The Bertz CT molecular complexity index is 1370. The van der Waals surface area contributed by atoms with Gasteiger partial charge < -0.3 is 15.0 Å². The van der Waals surface area contributed by atoms with Gasteiger partial charge in [-0.1, -0.05) is 42.1 Å². The summed E-state index contributed by atoms with van der Waals surface area (Å²) in [4.78, 5) is 32.8. The Kier molecular flexibility index (Phi) is 7.11. The fraction of sp³-hybridized carbons (Fsp3) is 0.222. The minimum Gasteiger partial charge on any atom is -0.378 e. The molecule has 1 N–H and O–H groups in total. The molecule has 0 atom stereocenters. The number of carbonyl (C=O) groups is 1. The summed E-state index contributed by atoms with van der Waals surface area (Å²) in [7, 11) is 0. The predicted molar refractivity (Wildman–Crippen MR) is 141 cm³/mol. The Morgan fingerprint density at radius 3 is 2.40 bits per heavy atom. The number of amides is 1. The number of hydrogen-bond acceptors (Lipinski definition) is 6. The lowest BCUT2D eigenvalue weighted by Gasteiger charge is -2.28. The molecule has 1 aliphatic heterocycles. The van der Waals surface area contributed by atoms with Gasteiger partial charge in [0, 0.05) is 36.6 Å². The van der Waals surface area contributed by atoms with E-state index in [4.69, 9.17) is 9.72 Å². The van der Waals surface area contributed by atoms with E-state index in [0.29, 0.717) is 28.2 Å². The normalized spacial score (nSPS) is 13.7. The van der Waals surface area contributed by atoms with Crippen molar-refractivity contribution in [3.05, 3.63) is 89.2 Å². The number of hydrogen-bond donors (Lipinski definition) is 1. The van der Waals surface area contributed by atoms with Crippen molar-refractivity contribution in [3.8, 4) is 5.69 Å². The second kappa shape index (κ2) is 10.8. The van der Waals surface area contributed by atoms with Gasteiger partial charge in [-0.25, -0.2) is 4.98 Å². The number of benzene rings is 3. The number of aromatic nitrogens is 2. The zero-order chi connectivity index (χ0) is 24.0. The quantitative estimate of drug-likeness (QED) is 0.309. The number of para-hydroxylation sites is 2. The van der Waals surface area contributed by atoms with E-state index in [9.17, 15) is 9.59 Å². The molecule has 0 radical (unpaired) electrons. The third-order valence-corrected chi connectivity index (χ3v) is 6.79. The van der Waals surface area contributed by atoms with Gasteiger partial charge in [0.1, 0.15) is 0 Å². The fourth-order valence-electron chi connectivity index (χ4n) is 4.05. The van der Waals surface area contributed by atoms with Crippen molar-refractivity contribution in [2.24, 2.45) is 0 Å². The first-order chi connectivity index (χ1) is 17.2. The van der Waals surface area contributed by atoms with Crippen molar-refractivity contribution in [1.82, 2.24) is 9.55 Å². The SMILES string of the molecule is O=C(CCSc1nc2ccccc2c(=O)n1-c1ccccc1)Nc1ccc(N2CCOCC2)cc1. The number of ether oxygens (including phenoxy) is 1. The summed E-state index contributed by atoms with van der Waals surface area (Å²) >= 11 is 1.40. The highest BCUT2D eigenvalue weighted by Crippen LogP contribution is 2.23. The average molecular weight is 487 g/mol. The number of morpholine rings is 1. The van der Waals surface area contributed by atoms with Crippen LogP contribution in [0.5, 0.6) is 0 Å². The van der Waals surface area contributed by atoms with Crippen LogP contribution in [0, 0.1) is 0 Å². The third kappa shape index (κ3) is 5.39. The van der Waals surface area contributed by atoms with E-state index in [2.05, 4.69) is 10.2 Å². The van der Waals surface area contributed by atoms with Crippen molar-refractivity contribution in [2.75, 3.05) is 42.3 Å². The Labute approximate surface area is 207 Å². The Hall–Kier alpha value is -3.62. The van der Waals surface area contributed by atoms with Crippen LogP contribution in [0.15, 0.2) is 88.8 Å². The van der Waals surface area contributed by atoms with Crippen LogP contribution in [0.3, 0.4) is 0 Å². The average Bonchev–Trinajstić information content (AvgIpc) is 2.90. The first kappa shape index (κ1) is 23.1.